The summed E-state index contributed by atoms with van der Waals surface area (Å²) in [5, 5.41) is 22.7. The lowest BCUT2D eigenvalue weighted by Gasteiger charge is -2.35. The number of carbonyl (C=O) groups excluding carboxylic acids is 1. The Bertz CT molecular complexity index is 992. The number of Topliss-reactive ketones (excluding diaryl/α,β-unsaturated/α-hetero) is 1. The molecule has 3 atom stereocenters. The Kier molecular flexibility index (Phi) is 6.44. The molecule has 1 aromatic carbocycles. The van der Waals surface area contributed by atoms with Crippen LogP contribution in [-0.2, 0) is 11.0 Å². The first kappa shape index (κ1) is 23.2. The highest BCUT2D eigenvalue weighted by molar-refractivity contribution is 5.83. The molecule has 2 aromatic rings. The number of nitrogens with zero attached hydrogens (tertiary/aromatic N) is 4. The predicted molar refractivity (Wildman–Crippen MR) is 117 cm³/mol. The fourth-order valence-electron chi connectivity index (χ4n) is 4.22. The van der Waals surface area contributed by atoms with Crippen molar-refractivity contribution in [2.75, 3.05) is 41.3 Å². The zero-order valence-corrected chi connectivity index (χ0v) is 18.1. The fourth-order valence-corrected chi connectivity index (χ4v) is 4.22. The molecule has 0 aliphatic carbocycles. The van der Waals surface area contributed by atoms with Crippen molar-refractivity contribution in [2.24, 2.45) is 5.92 Å². The summed E-state index contributed by atoms with van der Waals surface area (Å²) in [4.78, 5) is 23.2. The number of ketones is 1. The minimum Gasteiger partial charge on any atom is -0.391 e. The van der Waals surface area contributed by atoms with Gasteiger partial charge in [-0.2, -0.15) is 18.2 Å². The van der Waals surface area contributed by atoms with E-state index < -0.39 is 23.9 Å². The van der Waals surface area contributed by atoms with Crippen LogP contribution in [0.15, 0.2) is 30.5 Å². The number of β-amino-alcohol motifs (C(OH)–C–C–N with tert-alkyl or cyclic N) is 2. The number of aliphatic hydroxyl groups is 2. The first-order chi connectivity index (χ1) is 15.6. The Morgan fingerprint density at radius 2 is 1.73 bits per heavy atom. The number of halogens is 3. The average molecular weight is 465 g/mol. The second-order valence-corrected chi connectivity index (χ2v) is 8.61. The molecule has 11 heteroatoms. The maximum absolute atomic E-state index is 13.6. The van der Waals surface area contributed by atoms with Gasteiger partial charge < -0.3 is 25.3 Å². The molecule has 3 N–H and O–H groups in total. The topological polar surface area (TPSA) is 102 Å². The van der Waals surface area contributed by atoms with Gasteiger partial charge in [0.15, 0.2) is 0 Å². The summed E-state index contributed by atoms with van der Waals surface area (Å²) >= 11 is 0. The lowest BCUT2D eigenvalue weighted by molar-refractivity contribution is -0.137. The molecular weight excluding hydrogens is 439 g/mol. The number of hydrogen-bond acceptors (Lipinski definition) is 8. The summed E-state index contributed by atoms with van der Waals surface area (Å²) in [6, 6.07) is 7.03. The molecule has 2 aliphatic rings. The van der Waals surface area contributed by atoms with Gasteiger partial charge in [-0.3, -0.25) is 4.79 Å². The molecule has 0 amide bonds. The molecule has 0 radical (unpaired) electrons. The number of alkyl halides is 3. The van der Waals surface area contributed by atoms with Crippen molar-refractivity contribution >= 4 is 28.9 Å². The number of aromatic nitrogens is 2. The number of benzene rings is 1. The third-order valence-corrected chi connectivity index (χ3v) is 5.94. The van der Waals surface area contributed by atoms with Gasteiger partial charge in [-0.25, -0.2) is 4.98 Å². The third kappa shape index (κ3) is 5.36. The molecule has 0 saturated carbocycles. The molecule has 2 saturated heterocycles. The largest absolute Gasteiger partial charge is 0.421 e. The van der Waals surface area contributed by atoms with Crippen molar-refractivity contribution in [1.82, 2.24) is 9.97 Å². The molecule has 2 aliphatic heterocycles. The van der Waals surface area contributed by atoms with Crippen LogP contribution in [0.4, 0.5) is 36.3 Å². The van der Waals surface area contributed by atoms with Gasteiger partial charge in [-0.05, 0) is 24.3 Å². The molecule has 33 heavy (non-hydrogen) atoms. The number of hydrogen-bond donors (Lipinski definition) is 3. The molecule has 178 valence electrons. The van der Waals surface area contributed by atoms with Crippen LogP contribution in [0.1, 0.15) is 25.3 Å². The van der Waals surface area contributed by atoms with Crippen molar-refractivity contribution in [3.05, 3.63) is 36.0 Å². The van der Waals surface area contributed by atoms with Crippen LogP contribution in [0, 0.1) is 5.92 Å². The summed E-state index contributed by atoms with van der Waals surface area (Å²) in [5.74, 6) is -0.571. The van der Waals surface area contributed by atoms with Crippen LogP contribution >= 0.6 is 0 Å². The van der Waals surface area contributed by atoms with Crippen LogP contribution in [0.25, 0.3) is 0 Å². The van der Waals surface area contributed by atoms with Crippen molar-refractivity contribution in [3.63, 3.8) is 0 Å². The number of nitrogens with one attached hydrogen (secondary N) is 1. The van der Waals surface area contributed by atoms with E-state index in [2.05, 4.69) is 15.3 Å². The Morgan fingerprint density at radius 3 is 2.33 bits per heavy atom. The maximum Gasteiger partial charge on any atom is 0.421 e. The van der Waals surface area contributed by atoms with Gasteiger partial charge >= 0.3 is 6.18 Å². The number of piperidine rings is 2. The van der Waals surface area contributed by atoms with E-state index in [1.165, 1.54) is 4.90 Å². The van der Waals surface area contributed by atoms with E-state index in [4.69, 9.17) is 0 Å². The zero-order valence-electron chi connectivity index (χ0n) is 18.1. The molecule has 1 unspecified atom stereocenters. The third-order valence-electron chi connectivity index (χ3n) is 5.94. The SMILES string of the molecule is CC1CN(c2nc(Nc3ccc(N4C[C@H](O)C[C@H](O)C4)cc3)ncc2C(F)(F)F)CCC1=O. The Balaban J connectivity index is 1.54. The molecule has 3 heterocycles. The first-order valence-electron chi connectivity index (χ1n) is 10.8. The van der Waals surface area contributed by atoms with Crippen molar-refractivity contribution < 1.29 is 28.2 Å². The second-order valence-electron chi connectivity index (χ2n) is 8.61. The molecule has 4 rings (SSSR count). The smallest absolute Gasteiger partial charge is 0.391 e. The molecular formula is C22H26F3N5O3. The van der Waals surface area contributed by atoms with Crippen LogP contribution < -0.4 is 15.1 Å². The predicted octanol–water partition coefficient (Wildman–Crippen LogP) is 2.59. The van der Waals surface area contributed by atoms with Crippen LogP contribution in [0.5, 0.6) is 0 Å². The van der Waals surface area contributed by atoms with E-state index in [1.807, 2.05) is 4.90 Å². The highest BCUT2D eigenvalue weighted by atomic mass is 19.4. The highest BCUT2D eigenvalue weighted by Crippen LogP contribution is 2.37. The summed E-state index contributed by atoms with van der Waals surface area (Å²) in [6.45, 7) is 2.85. The number of rotatable bonds is 4. The van der Waals surface area contributed by atoms with Gasteiger partial charge in [0.2, 0.25) is 5.95 Å². The van der Waals surface area contributed by atoms with E-state index in [-0.39, 0.29) is 43.0 Å². The number of anilines is 4. The van der Waals surface area contributed by atoms with E-state index in [0.717, 1.165) is 11.9 Å². The number of aliphatic hydroxyl groups excluding tert-OH is 2. The van der Waals surface area contributed by atoms with Crippen LogP contribution in [0.3, 0.4) is 0 Å². The minimum absolute atomic E-state index is 0.0131. The number of carbonyl (C=O) groups is 1. The van der Waals surface area contributed by atoms with Crippen molar-refractivity contribution in [2.45, 2.75) is 38.1 Å². The average Bonchev–Trinajstić information content (AvgIpc) is 2.75. The molecule has 1 aromatic heterocycles. The molecule has 0 spiro atoms. The van der Waals surface area contributed by atoms with Crippen molar-refractivity contribution in [1.29, 1.82) is 0 Å². The Morgan fingerprint density at radius 1 is 1.06 bits per heavy atom. The van der Waals surface area contributed by atoms with Crippen LogP contribution in [0.2, 0.25) is 0 Å². The highest BCUT2D eigenvalue weighted by Gasteiger charge is 2.38. The summed E-state index contributed by atoms with van der Waals surface area (Å²) < 4.78 is 40.7. The van der Waals surface area contributed by atoms with Crippen LogP contribution in [-0.4, -0.2) is 64.4 Å². The molecule has 8 nitrogen and oxygen atoms in total. The summed E-state index contributed by atoms with van der Waals surface area (Å²) in [7, 11) is 0. The Labute approximate surface area is 189 Å². The van der Waals surface area contributed by atoms with Gasteiger partial charge in [0.05, 0.1) is 12.2 Å². The monoisotopic (exact) mass is 465 g/mol. The first-order valence-corrected chi connectivity index (χ1v) is 10.8. The van der Waals surface area contributed by atoms with Gasteiger partial charge in [0.25, 0.3) is 0 Å². The fraction of sp³-hybridized carbons (Fsp3) is 0.500. The van der Waals surface area contributed by atoms with Crippen molar-refractivity contribution in [3.8, 4) is 0 Å². The van der Waals surface area contributed by atoms with Gasteiger partial charge in [-0.1, -0.05) is 6.92 Å². The molecule has 0 bridgehead atoms. The maximum atomic E-state index is 13.6. The van der Waals surface area contributed by atoms with Gasteiger partial charge in [0.1, 0.15) is 17.2 Å². The Hall–Kier alpha value is -2.92. The summed E-state index contributed by atoms with van der Waals surface area (Å²) in [6.07, 6.45) is -4.57. The normalized spacial score (nSPS) is 24.2. The quantitative estimate of drug-likeness (QED) is 0.634. The van der Waals surface area contributed by atoms with Gasteiger partial charge in [0, 0.05) is 62.5 Å². The van der Waals surface area contributed by atoms with E-state index in [0.29, 0.717) is 25.2 Å². The summed E-state index contributed by atoms with van der Waals surface area (Å²) in [5.41, 5.74) is 0.441. The lowest BCUT2D eigenvalue weighted by Crippen LogP contribution is -2.45. The second kappa shape index (κ2) is 9.14. The zero-order chi connectivity index (χ0) is 23.8. The van der Waals surface area contributed by atoms with E-state index in [1.54, 1.807) is 31.2 Å². The minimum atomic E-state index is -4.62. The van der Waals surface area contributed by atoms with E-state index >= 15 is 0 Å². The lowest BCUT2D eigenvalue weighted by atomic mass is 9.98. The van der Waals surface area contributed by atoms with E-state index in [9.17, 15) is 28.2 Å². The molecule has 2 fully saturated rings. The standard InChI is InChI=1S/C22H26F3N5O3/c1-13-10-29(7-6-19(13)33)20-18(22(23,24)25)9-26-21(28-20)27-14-2-4-15(5-3-14)30-11-16(31)8-17(32)12-30/h2-5,9,13,16-17,31-32H,6-8,10-12H2,1H3,(H,26,27,28)/t13?,16-,17+. The van der Waals surface area contributed by atoms with Gasteiger partial charge in [-0.15, -0.1) is 0 Å².